The van der Waals surface area contributed by atoms with E-state index in [2.05, 4.69) is 20.0 Å². The molecule has 2 aliphatic heterocycles. The van der Waals surface area contributed by atoms with E-state index in [0.717, 1.165) is 56.3 Å². The monoisotopic (exact) mass is 417 g/mol. The number of carbonyl (C=O) groups is 1. The number of anilines is 1. The third-order valence-electron chi connectivity index (χ3n) is 5.91. The van der Waals surface area contributed by atoms with Gasteiger partial charge in [0.1, 0.15) is 5.82 Å². The molecule has 9 heteroatoms. The predicted molar refractivity (Wildman–Crippen MR) is 106 cm³/mol. The molecule has 8 nitrogen and oxygen atoms in total. The number of rotatable bonds is 4. The molecule has 2 aromatic heterocycles. The molecule has 3 fully saturated rings. The molecule has 0 atom stereocenters. The molecule has 4 heterocycles. The van der Waals surface area contributed by atoms with Crippen LogP contribution in [0.5, 0.6) is 0 Å². The number of ether oxygens (including phenoxy) is 1. The first kappa shape index (κ1) is 18.8. The fourth-order valence-electron chi connectivity index (χ4n) is 3.99. The van der Waals surface area contributed by atoms with Crippen molar-refractivity contribution in [2.24, 2.45) is 0 Å². The number of hydrogen-bond acceptors (Lipinski definition) is 7. The Kier molecular flexibility index (Phi) is 5.13. The zero-order valence-electron chi connectivity index (χ0n) is 16.2. The Hall–Kier alpha value is -2.19. The van der Waals surface area contributed by atoms with E-state index in [4.69, 9.17) is 20.9 Å². The largest absolute Gasteiger partial charge is 0.378 e. The Morgan fingerprint density at radius 3 is 2.52 bits per heavy atom. The van der Waals surface area contributed by atoms with Gasteiger partial charge in [0.05, 0.1) is 23.8 Å². The number of amides is 1. The molecule has 0 N–H and O–H groups in total. The lowest BCUT2D eigenvalue weighted by Gasteiger charge is -2.32. The van der Waals surface area contributed by atoms with E-state index in [-0.39, 0.29) is 5.91 Å². The van der Waals surface area contributed by atoms with Crippen LogP contribution in [-0.4, -0.2) is 65.3 Å². The Bertz CT molecular complexity index is 886. The van der Waals surface area contributed by atoms with Gasteiger partial charge in [-0.2, -0.15) is 4.98 Å². The third kappa shape index (κ3) is 3.96. The number of piperidine rings is 1. The summed E-state index contributed by atoms with van der Waals surface area (Å²) in [5.41, 5.74) is 0.523. The minimum absolute atomic E-state index is 0.0449. The molecule has 5 rings (SSSR count). The maximum absolute atomic E-state index is 12.6. The van der Waals surface area contributed by atoms with Gasteiger partial charge in [0.15, 0.2) is 5.82 Å². The molecular formula is C20H24ClN5O3. The zero-order valence-corrected chi connectivity index (χ0v) is 17.0. The van der Waals surface area contributed by atoms with E-state index in [1.165, 1.54) is 0 Å². The summed E-state index contributed by atoms with van der Waals surface area (Å²) in [7, 11) is 0. The molecule has 1 amide bonds. The molecule has 0 aromatic carbocycles. The van der Waals surface area contributed by atoms with Crippen molar-refractivity contribution in [1.29, 1.82) is 0 Å². The molecule has 3 aliphatic rings. The maximum atomic E-state index is 12.6. The molecule has 2 saturated heterocycles. The normalized spacial score (nSPS) is 20.9. The van der Waals surface area contributed by atoms with Gasteiger partial charge in [0.2, 0.25) is 5.89 Å². The second-order valence-electron chi connectivity index (χ2n) is 7.96. The first-order valence-electron chi connectivity index (χ1n) is 10.3. The van der Waals surface area contributed by atoms with Crippen LogP contribution in [0, 0.1) is 0 Å². The van der Waals surface area contributed by atoms with Crippen molar-refractivity contribution in [3.05, 3.63) is 34.6 Å². The molecule has 0 unspecified atom stereocenters. The highest BCUT2D eigenvalue weighted by Gasteiger charge is 2.32. The van der Waals surface area contributed by atoms with Crippen LogP contribution in [0.4, 0.5) is 5.82 Å². The van der Waals surface area contributed by atoms with Crippen LogP contribution >= 0.6 is 11.6 Å². The fraction of sp³-hybridized carbons (Fsp3) is 0.600. The summed E-state index contributed by atoms with van der Waals surface area (Å²) < 4.78 is 10.7. The molecular weight excluding hydrogens is 394 g/mol. The van der Waals surface area contributed by atoms with Crippen LogP contribution in [0.3, 0.4) is 0 Å². The number of carbonyl (C=O) groups excluding carboxylic acids is 1. The lowest BCUT2D eigenvalue weighted by molar-refractivity contribution is 0.0302. The lowest BCUT2D eigenvalue weighted by Crippen LogP contribution is -2.40. The highest BCUT2D eigenvalue weighted by Crippen LogP contribution is 2.40. The molecule has 1 saturated carbocycles. The average molecular weight is 418 g/mol. The van der Waals surface area contributed by atoms with Crippen LogP contribution < -0.4 is 4.90 Å². The number of morpholine rings is 1. The van der Waals surface area contributed by atoms with Gasteiger partial charge in [0, 0.05) is 44.2 Å². The minimum Gasteiger partial charge on any atom is -0.378 e. The van der Waals surface area contributed by atoms with Crippen LogP contribution in [0.1, 0.15) is 59.6 Å². The second-order valence-corrected chi connectivity index (χ2v) is 8.37. The highest BCUT2D eigenvalue weighted by atomic mass is 35.5. The molecule has 154 valence electrons. The number of halogens is 1. The Morgan fingerprint density at radius 2 is 1.83 bits per heavy atom. The van der Waals surface area contributed by atoms with E-state index in [1.807, 2.05) is 0 Å². The first-order valence-corrected chi connectivity index (χ1v) is 10.7. The van der Waals surface area contributed by atoms with E-state index in [0.29, 0.717) is 48.7 Å². The summed E-state index contributed by atoms with van der Waals surface area (Å²) in [6.45, 7) is 3.99. The lowest BCUT2D eigenvalue weighted by atomic mass is 9.96. The molecule has 0 spiro atoms. The quantitative estimate of drug-likeness (QED) is 0.756. The maximum Gasteiger partial charge on any atom is 0.255 e. The summed E-state index contributed by atoms with van der Waals surface area (Å²) in [6.07, 6.45) is 5.81. The number of nitrogens with zero attached hydrogens (tertiary/aromatic N) is 5. The van der Waals surface area contributed by atoms with Gasteiger partial charge >= 0.3 is 0 Å². The van der Waals surface area contributed by atoms with E-state index < -0.39 is 0 Å². The van der Waals surface area contributed by atoms with Crippen molar-refractivity contribution < 1.29 is 14.1 Å². The van der Waals surface area contributed by atoms with Gasteiger partial charge < -0.3 is 19.1 Å². The summed E-state index contributed by atoms with van der Waals surface area (Å²) in [4.78, 5) is 25.7. The van der Waals surface area contributed by atoms with E-state index in [1.54, 1.807) is 17.2 Å². The van der Waals surface area contributed by atoms with Crippen LogP contribution in [0.15, 0.2) is 16.8 Å². The fourth-order valence-corrected chi connectivity index (χ4v) is 4.27. The molecule has 0 bridgehead atoms. The molecule has 1 aliphatic carbocycles. The predicted octanol–water partition coefficient (Wildman–Crippen LogP) is 2.85. The van der Waals surface area contributed by atoms with Crippen molar-refractivity contribution in [2.75, 3.05) is 44.3 Å². The van der Waals surface area contributed by atoms with Gasteiger partial charge in [-0.15, -0.1) is 0 Å². The highest BCUT2D eigenvalue weighted by molar-refractivity contribution is 6.33. The third-order valence-corrected chi connectivity index (χ3v) is 6.19. The van der Waals surface area contributed by atoms with Crippen molar-refractivity contribution in [3.63, 3.8) is 0 Å². The van der Waals surface area contributed by atoms with Crippen LogP contribution in [0.25, 0.3) is 0 Å². The van der Waals surface area contributed by atoms with Crippen LogP contribution in [-0.2, 0) is 4.74 Å². The standard InChI is InChI=1S/C20H24ClN5O3/c21-16-11-15(20(27)26-7-9-28-10-8-26)12-22-18(16)25-5-3-13(4-6-25)17-23-19(29-24-17)14-1-2-14/h11-14H,1-10H2. The number of pyridine rings is 1. The zero-order chi connectivity index (χ0) is 19.8. The van der Waals surface area contributed by atoms with Gasteiger partial charge in [-0.05, 0) is 31.7 Å². The SMILES string of the molecule is O=C(c1cnc(N2CCC(c3noc(C4CC4)n3)CC2)c(Cl)c1)N1CCOCC1. The smallest absolute Gasteiger partial charge is 0.255 e. The van der Waals surface area contributed by atoms with Gasteiger partial charge in [-0.25, -0.2) is 4.98 Å². The average Bonchev–Trinajstić information content (AvgIpc) is 3.50. The van der Waals surface area contributed by atoms with Gasteiger partial charge in [0.25, 0.3) is 5.91 Å². The van der Waals surface area contributed by atoms with Crippen molar-refractivity contribution in [3.8, 4) is 0 Å². The van der Waals surface area contributed by atoms with Crippen molar-refractivity contribution >= 4 is 23.3 Å². The van der Waals surface area contributed by atoms with Crippen molar-refractivity contribution in [2.45, 2.75) is 37.5 Å². The number of hydrogen-bond donors (Lipinski definition) is 0. The van der Waals surface area contributed by atoms with Gasteiger partial charge in [-0.3, -0.25) is 4.79 Å². The Labute approximate surface area is 174 Å². The summed E-state index contributed by atoms with van der Waals surface area (Å²) in [6, 6.07) is 1.73. The topological polar surface area (TPSA) is 84.6 Å². The minimum atomic E-state index is -0.0449. The van der Waals surface area contributed by atoms with Crippen molar-refractivity contribution in [1.82, 2.24) is 20.0 Å². The van der Waals surface area contributed by atoms with E-state index in [9.17, 15) is 4.79 Å². The van der Waals surface area contributed by atoms with E-state index >= 15 is 0 Å². The van der Waals surface area contributed by atoms with Crippen LogP contribution in [0.2, 0.25) is 5.02 Å². The summed E-state index contributed by atoms with van der Waals surface area (Å²) in [5.74, 6) is 3.11. The Morgan fingerprint density at radius 1 is 1.07 bits per heavy atom. The number of aromatic nitrogens is 3. The first-order chi connectivity index (χ1) is 14.2. The molecule has 29 heavy (non-hydrogen) atoms. The second kappa shape index (κ2) is 7.91. The summed E-state index contributed by atoms with van der Waals surface area (Å²) in [5, 5.41) is 4.71. The molecule has 0 radical (unpaired) electrons. The molecule has 2 aromatic rings. The summed E-state index contributed by atoms with van der Waals surface area (Å²) >= 11 is 6.50. The Balaban J connectivity index is 1.22. The van der Waals surface area contributed by atoms with Gasteiger partial charge in [-0.1, -0.05) is 16.8 Å².